The van der Waals surface area contributed by atoms with Crippen molar-refractivity contribution in [1.29, 1.82) is 0 Å². The quantitative estimate of drug-likeness (QED) is 0.175. The zero-order chi connectivity index (χ0) is 31.7. The summed E-state index contributed by atoms with van der Waals surface area (Å²) < 4.78 is 29.1. The van der Waals surface area contributed by atoms with Crippen LogP contribution in [0.3, 0.4) is 0 Å². The normalized spacial score (nSPS) is 11.9. The minimum atomic E-state index is -4.21. The van der Waals surface area contributed by atoms with E-state index in [4.69, 9.17) is 23.2 Å². The molecule has 44 heavy (non-hydrogen) atoms. The number of hydrogen-bond donors (Lipinski definition) is 1. The van der Waals surface area contributed by atoms with E-state index in [-0.39, 0.29) is 29.5 Å². The average Bonchev–Trinajstić information content (AvgIpc) is 3.02. The molecule has 230 valence electrons. The highest BCUT2D eigenvalue weighted by molar-refractivity contribution is 7.92. The molecule has 0 bridgehead atoms. The van der Waals surface area contributed by atoms with Gasteiger partial charge in [0.2, 0.25) is 11.8 Å². The van der Waals surface area contributed by atoms with Gasteiger partial charge in [-0.05, 0) is 66.4 Å². The average molecular weight is 653 g/mol. The van der Waals surface area contributed by atoms with Crippen molar-refractivity contribution < 1.29 is 18.0 Å². The van der Waals surface area contributed by atoms with Gasteiger partial charge >= 0.3 is 0 Å². The summed E-state index contributed by atoms with van der Waals surface area (Å²) >= 11 is 12.7. The Morgan fingerprint density at radius 3 is 2.14 bits per heavy atom. The molecular weight excluding hydrogens is 617 g/mol. The molecule has 0 aromatic heterocycles. The highest BCUT2D eigenvalue weighted by Gasteiger charge is 2.34. The van der Waals surface area contributed by atoms with Gasteiger partial charge in [0.05, 0.1) is 10.6 Å². The number of anilines is 1. The van der Waals surface area contributed by atoms with Gasteiger partial charge in [-0.3, -0.25) is 13.9 Å². The Kier molecular flexibility index (Phi) is 11.4. The lowest BCUT2D eigenvalue weighted by Gasteiger charge is -2.34. The first-order valence-electron chi connectivity index (χ1n) is 14.3. The molecule has 0 fully saturated rings. The van der Waals surface area contributed by atoms with Crippen LogP contribution in [0.4, 0.5) is 5.69 Å². The predicted molar refractivity (Wildman–Crippen MR) is 176 cm³/mol. The molecule has 4 aromatic rings. The van der Waals surface area contributed by atoms with Crippen LogP contribution in [0, 0.1) is 6.92 Å². The molecule has 0 saturated heterocycles. The number of nitrogens with zero attached hydrogens (tertiary/aromatic N) is 2. The second-order valence-corrected chi connectivity index (χ2v) is 13.1. The van der Waals surface area contributed by atoms with Crippen LogP contribution in [-0.4, -0.2) is 44.3 Å². The van der Waals surface area contributed by atoms with Crippen LogP contribution < -0.4 is 9.62 Å². The van der Waals surface area contributed by atoms with Gasteiger partial charge in [0.15, 0.2) is 0 Å². The number of carbonyl (C=O) groups is 2. The summed E-state index contributed by atoms with van der Waals surface area (Å²) in [5.41, 5.74) is 2.54. The molecule has 0 heterocycles. The van der Waals surface area contributed by atoms with Crippen LogP contribution >= 0.6 is 23.2 Å². The second kappa shape index (κ2) is 15.2. The van der Waals surface area contributed by atoms with Gasteiger partial charge in [0.25, 0.3) is 10.0 Å². The molecule has 2 amide bonds. The molecule has 0 spiro atoms. The van der Waals surface area contributed by atoms with Crippen molar-refractivity contribution in [2.24, 2.45) is 0 Å². The Labute approximate surface area is 269 Å². The number of halogens is 2. The summed E-state index contributed by atoms with van der Waals surface area (Å²) in [6.07, 6.45) is 0.938. The van der Waals surface area contributed by atoms with Crippen molar-refractivity contribution in [2.45, 2.75) is 44.2 Å². The lowest BCUT2D eigenvalue weighted by molar-refractivity contribution is -0.140. The van der Waals surface area contributed by atoms with E-state index in [1.165, 1.54) is 23.1 Å². The van der Waals surface area contributed by atoms with Crippen molar-refractivity contribution in [3.05, 3.63) is 130 Å². The molecule has 10 heteroatoms. The van der Waals surface area contributed by atoms with Crippen molar-refractivity contribution in [3.8, 4) is 0 Å². The maximum absolute atomic E-state index is 14.4. The topological polar surface area (TPSA) is 86.8 Å². The molecule has 1 N–H and O–H groups in total. The Morgan fingerprint density at radius 2 is 1.50 bits per heavy atom. The maximum Gasteiger partial charge on any atom is 0.264 e. The molecule has 7 nitrogen and oxygen atoms in total. The molecule has 0 aliphatic rings. The number of sulfonamides is 1. The van der Waals surface area contributed by atoms with Crippen molar-refractivity contribution in [1.82, 2.24) is 10.2 Å². The van der Waals surface area contributed by atoms with Gasteiger partial charge in [-0.1, -0.05) is 96.9 Å². The van der Waals surface area contributed by atoms with Crippen molar-refractivity contribution in [3.63, 3.8) is 0 Å². The predicted octanol–water partition coefficient (Wildman–Crippen LogP) is 6.66. The zero-order valence-electron chi connectivity index (χ0n) is 24.6. The first kappa shape index (κ1) is 33.1. The molecule has 1 atom stereocenters. The van der Waals surface area contributed by atoms with Crippen LogP contribution in [0.25, 0.3) is 0 Å². The molecule has 4 aromatic carbocycles. The fourth-order valence-electron chi connectivity index (χ4n) is 4.74. The summed E-state index contributed by atoms with van der Waals surface area (Å²) in [5.74, 6) is -0.893. The monoisotopic (exact) mass is 651 g/mol. The Morgan fingerprint density at radius 1 is 0.841 bits per heavy atom. The maximum atomic E-state index is 14.4. The largest absolute Gasteiger partial charge is 0.354 e. The summed E-state index contributed by atoms with van der Waals surface area (Å²) in [4.78, 5) is 29.6. The standard InChI is InChI=1S/C34H35Cl2N3O4S/c1-3-19-37-34(41)32(21-26-11-6-4-7-12-26)38(23-27-13-10-14-28(35)20-27)33(40)24-39(29-18-17-25(2)31(36)22-29)44(42,43)30-15-8-5-9-16-30/h4-18,20,22,32H,3,19,21,23-24H2,1-2H3,(H,37,41)/t32-/m1/s1. The van der Waals surface area contributed by atoms with Crippen LogP contribution in [0.15, 0.2) is 108 Å². The van der Waals surface area contributed by atoms with Crippen LogP contribution in [0.2, 0.25) is 10.0 Å². The molecule has 0 unspecified atom stereocenters. The lowest BCUT2D eigenvalue weighted by atomic mass is 10.0. The lowest BCUT2D eigenvalue weighted by Crippen LogP contribution is -2.53. The van der Waals surface area contributed by atoms with Crippen molar-refractivity contribution >= 4 is 50.7 Å². The number of amides is 2. The number of hydrogen-bond acceptors (Lipinski definition) is 4. The minimum Gasteiger partial charge on any atom is -0.354 e. The van der Waals surface area contributed by atoms with Crippen LogP contribution in [0.1, 0.15) is 30.0 Å². The second-order valence-electron chi connectivity index (χ2n) is 10.4. The van der Waals surface area contributed by atoms with Gasteiger partial charge < -0.3 is 10.2 Å². The molecule has 0 saturated carbocycles. The number of carbonyl (C=O) groups excluding carboxylic acids is 2. The third-order valence-corrected chi connectivity index (χ3v) is 9.55. The highest BCUT2D eigenvalue weighted by atomic mass is 35.5. The Hall–Kier alpha value is -3.85. The fraction of sp³-hybridized carbons (Fsp3) is 0.235. The van der Waals surface area contributed by atoms with Crippen molar-refractivity contribution in [2.75, 3.05) is 17.4 Å². The Bertz CT molecular complexity index is 1690. The van der Waals surface area contributed by atoms with Gasteiger partial charge in [0.1, 0.15) is 12.6 Å². The number of nitrogens with one attached hydrogen (secondary N) is 1. The smallest absolute Gasteiger partial charge is 0.264 e. The molecule has 4 rings (SSSR count). The van der Waals surface area contributed by atoms with E-state index in [9.17, 15) is 18.0 Å². The third-order valence-electron chi connectivity index (χ3n) is 7.12. The van der Waals surface area contributed by atoms with E-state index in [1.807, 2.05) is 50.2 Å². The molecular formula is C34H35Cl2N3O4S. The van der Waals surface area contributed by atoms with Crippen LogP contribution in [-0.2, 0) is 32.6 Å². The van der Waals surface area contributed by atoms with E-state index in [1.54, 1.807) is 48.5 Å². The molecule has 0 aliphatic carbocycles. The van der Waals surface area contributed by atoms with E-state index < -0.39 is 28.5 Å². The third kappa shape index (κ3) is 8.40. The molecule has 0 aliphatic heterocycles. The zero-order valence-corrected chi connectivity index (χ0v) is 26.9. The number of benzene rings is 4. The van der Waals surface area contributed by atoms with Gasteiger partial charge in [-0.2, -0.15) is 0 Å². The van der Waals surface area contributed by atoms with E-state index in [0.717, 1.165) is 15.4 Å². The number of aryl methyl sites for hydroxylation is 1. The summed E-state index contributed by atoms with van der Waals surface area (Å²) in [7, 11) is -4.21. The summed E-state index contributed by atoms with van der Waals surface area (Å²) in [6.45, 7) is 3.65. The fourth-order valence-corrected chi connectivity index (χ4v) is 6.55. The van der Waals surface area contributed by atoms with Gasteiger partial charge in [-0.15, -0.1) is 0 Å². The van der Waals surface area contributed by atoms with Gasteiger partial charge in [-0.25, -0.2) is 8.42 Å². The summed E-state index contributed by atoms with van der Waals surface area (Å²) in [6, 6.07) is 28.3. The highest BCUT2D eigenvalue weighted by Crippen LogP contribution is 2.29. The SMILES string of the molecule is CCCNC(=O)[C@@H](Cc1ccccc1)N(Cc1cccc(Cl)c1)C(=O)CN(c1ccc(C)c(Cl)c1)S(=O)(=O)c1ccccc1. The first-order valence-corrected chi connectivity index (χ1v) is 16.5. The first-order chi connectivity index (χ1) is 21.1. The van der Waals surface area contributed by atoms with Gasteiger partial charge in [0, 0.05) is 29.6 Å². The van der Waals surface area contributed by atoms with E-state index in [2.05, 4.69) is 5.32 Å². The number of rotatable bonds is 13. The minimum absolute atomic E-state index is 0.0208. The molecule has 0 radical (unpaired) electrons. The summed E-state index contributed by atoms with van der Waals surface area (Å²) in [5, 5.41) is 3.77. The van der Waals surface area contributed by atoms with Crippen LogP contribution in [0.5, 0.6) is 0 Å². The van der Waals surface area contributed by atoms with E-state index >= 15 is 0 Å². The van der Waals surface area contributed by atoms with E-state index in [0.29, 0.717) is 28.6 Å². The Balaban J connectivity index is 1.81.